The highest BCUT2D eigenvalue weighted by Gasteiger charge is 2.17. The number of thiazole rings is 1. The molecule has 0 aliphatic rings. The van der Waals surface area contributed by atoms with Crippen LogP contribution in [0.1, 0.15) is 21.9 Å². The van der Waals surface area contributed by atoms with Crippen molar-refractivity contribution < 1.29 is 19.1 Å². The van der Waals surface area contributed by atoms with E-state index in [1.54, 1.807) is 17.4 Å². The maximum Gasteiger partial charge on any atom is 0.357 e. The second kappa shape index (κ2) is 8.89. The highest BCUT2D eigenvalue weighted by molar-refractivity contribution is 7.09. The number of ether oxygens (including phenoxy) is 2. The standard InChI is InChI=1S/C12H17ClN2O4S/c1-18-6-5-15(11(16)3-4-13)7-10-14-9(8-20-10)12(17)19-2/h8H,3-7H2,1-2H3. The summed E-state index contributed by atoms with van der Waals surface area (Å²) in [5.41, 5.74) is 0.254. The number of carbonyl (C=O) groups excluding carboxylic acids is 2. The molecule has 0 saturated heterocycles. The van der Waals surface area contributed by atoms with Crippen LogP contribution in [0.5, 0.6) is 0 Å². The summed E-state index contributed by atoms with van der Waals surface area (Å²) in [6.07, 6.45) is 0.264. The van der Waals surface area contributed by atoms with Crippen molar-refractivity contribution >= 4 is 34.8 Å². The Hall–Kier alpha value is -1.18. The van der Waals surface area contributed by atoms with Gasteiger partial charge in [0.25, 0.3) is 0 Å². The van der Waals surface area contributed by atoms with Crippen LogP contribution in [0.25, 0.3) is 0 Å². The van der Waals surface area contributed by atoms with Gasteiger partial charge in [0, 0.05) is 31.3 Å². The Bertz CT molecular complexity index is 452. The molecule has 1 rings (SSSR count). The third-order valence-electron chi connectivity index (χ3n) is 2.50. The first-order valence-corrected chi connectivity index (χ1v) is 7.39. The van der Waals surface area contributed by atoms with Crippen LogP contribution in [-0.2, 0) is 20.8 Å². The average Bonchev–Trinajstić information content (AvgIpc) is 2.91. The number of nitrogens with zero attached hydrogens (tertiary/aromatic N) is 2. The van der Waals surface area contributed by atoms with Gasteiger partial charge in [0.1, 0.15) is 5.01 Å². The molecule has 0 aliphatic carbocycles. The molecule has 1 heterocycles. The minimum absolute atomic E-state index is 0.0631. The lowest BCUT2D eigenvalue weighted by atomic mass is 10.3. The molecule has 112 valence electrons. The third-order valence-corrected chi connectivity index (χ3v) is 3.52. The normalized spacial score (nSPS) is 10.3. The minimum atomic E-state index is -0.483. The zero-order valence-corrected chi connectivity index (χ0v) is 13.0. The number of hydrogen-bond donors (Lipinski definition) is 0. The highest BCUT2D eigenvalue weighted by Crippen LogP contribution is 2.14. The van der Waals surface area contributed by atoms with Gasteiger partial charge in [-0.2, -0.15) is 0 Å². The van der Waals surface area contributed by atoms with Crippen molar-refractivity contribution in [1.29, 1.82) is 0 Å². The maximum absolute atomic E-state index is 11.9. The molecule has 0 radical (unpaired) electrons. The van der Waals surface area contributed by atoms with Crippen LogP contribution in [0.3, 0.4) is 0 Å². The predicted molar refractivity (Wildman–Crippen MR) is 76.1 cm³/mol. The summed E-state index contributed by atoms with van der Waals surface area (Å²) < 4.78 is 9.57. The summed E-state index contributed by atoms with van der Waals surface area (Å²) in [5, 5.41) is 2.28. The molecular weight excluding hydrogens is 304 g/mol. The van der Waals surface area contributed by atoms with Crippen molar-refractivity contribution in [2.24, 2.45) is 0 Å². The molecule has 0 atom stereocenters. The van der Waals surface area contributed by atoms with E-state index in [0.29, 0.717) is 24.7 Å². The fourth-order valence-electron chi connectivity index (χ4n) is 1.48. The second-order valence-corrected chi connectivity index (χ2v) is 5.19. The molecule has 0 saturated carbocycles. The van der Waals surface area contributed by atoms with Crippen molar-refractivity contribution in [1.82, 2.24) is 9.88 Å². The van der Waals surface area contributed by atoms with E-state index in [4.69, 9.17) is 16.3 Å². The van der Waals surface area contributed by atoms with E-state index in [0.717, 1.165) is 0 Å². The van der Waals surface area contributed by atoms with Gasteiger partial charge in [-0.25, -0.2) is 9.78 Å². The molecule has 0 bridgehead atoms. The van der Waals surface area contributed by atoms with Crippen LogP contribution in [0.15, 0.2) is 5.38 Å². The lowest BCUT2D eigenvalue weighted by Crippen LogP contribution is -2.33. The molecule has 6 nitrogen and oxygen atoms in total. The van der Waals surface area contributed by atoms with Crippen molar-refractivity contribution in [3.05, 3.63) is 16.1 Å². The Morgan fingerprint density at radius 1 is 1.45 bits per heavy atom. The van der Waals surface area contributed by atoms with Gasteiger partial charge in [-0.05, 0) is 0 Å². The van der Waals surface area contributed by atoms with Crippen LogP contribution in [0.2, 0.25) is 0 Å². The molecular formula is C12H17ClN2O4S. The summed E-state index contributed by atoms with van der Waals surface area (Å²) in [6.45, 7) is 1.23. The van der Waals surface area contributed by atoms with Crippen molar-refractivity contribution in [3.8, 4) is 0 Å². The van der Waals surface area contributed by atoms with Gasteiger partial charge in [-0.1, -0.05) is 0 Å². The van der Waals surface area contributed by atoms with Crippen molar-refractivity contribution in [2.45, 2.75) is 13.0 Å². The lowest BCUT2D eigenvalue weighted by Gasteiger charge is -2.20. The first-order chi connectivity index (χ1) is 9.62. The van der Waals surface area contributed by atoms with E-state index in [1.165, 1.54) is 18.4 Å². The molecule has 1 aromatic heterocycles. The van der Waals surface area contributed by atoms with E-state index in [2.05, 4.69) is 9.72 Å². The summed E-state index contributed by atoms with van der Waals surface area (Å²) in [6, 6.07) is 0. The van der Waals surface area contributed by atoms with Crippen LogP contribution in [0.4, 0.5) is 0 Å². The predicted octanol–water partition coefficient (Wildman–Crippen LogP) is 1.53. The van der Waals surface area contributed by atoms with Crippen LogP contribution in [0, 0.1) is 0 Å². The highest BCUT2D eigenvalue weighted by atomic mass is 35.5. The number of methoxy groups -OCH3 is 2. The number of alkyl halides is 1. The maximum atomic E-state index is 11.9. The molecule has 8 heteroatoms. The molecule has 0 spiro atoms. The number of rotatable bonds is 8. The van der Waals surface area contributed by atoms with E-state index >= 15 is 0 Å². The largest absolute Gasteiger partial charge is 0.464 e. The Kier molecular flexibility index (Phi) is 7.50. The molecule has 0 N–H and O–H groups in total. The molecule has 0 fully saturated rings. The van der Waals surface area contributed by atoms with Gasteiger partial charge in [-0.15, -0.1) is 22.9 Å². The molecule has 1 amide bonds. The Labute approximate surface area is 126 Å². The van der Waals surface area contributed by atoms with Gasteiger partial charge in [0.15, 0.2) is 5.69 Å². The fourth-order valence-corrected chi connectivity index (χ4v) is 2.42. The zero-order chi connectivity index (χ0) is 15.0. The number of aromatic nitrogens is 1. The van der Waals surface area contributed by atoms with Crippen LogP contribution < -0.4 is 0 Å². The zero-order valence-electron chi connectivity index (χ0n) is 11.4. The smallest absolute Gasteiger partial charge is 0.357 e. The molecule has 0 aliphatic heterocycles. The topological polar surface area (TPSA) is 68.7 Å². The van der Waals surface area contributed by atoms with E-state index in [1.807, 2.05) is 0 Å². The molecule has 0 aromatic carbocycles. The van der Waals surface area contributed by atoms with E-state index < -0.39 is 5.97 Å². The Morgan fingerprint density at radius 3 is 2.80 bits per heavy atom. The minimum Gasteiger partial charge on any atom is -0.464 e. The number of amides is 1. The van der Waals surface area contributed by atoms with E-state index in [9.17, 15) is 9.59 Å². The quantitative estimate of drug-likeness (QED) is 0.537. The molecule has 1 aromatic rings. The first-order valence-electron chi connectivity index (χ1n) is 5.97. The van der Waals surface area contributed by atoms with Gasteiger partial charge in [0.05, 0.1) is 20.3 Å². The summed E-state index contributed by atoms with van der Waals surface area (Å²) in [5.74, 6) is -0.275. The Morgan fingerprint density at radius 2 is 2.20 bits per heavy atom. The SMILES string of the molecule is COCCN(Cc1nc(C(=O)OC)cs1)C(=O)CCCl. The van der Waals surface area contributed by atoms with Crippen LogP contribution >= 0.6 is 22.9 Å². The van der Waals surface area contributed by atoms with Crippen molar-refractivity contribution in [2.75, 3.05) is 33.3 Å². The fraction of sp³-hybridized carbons (Fsp3) is 0.583. The Balaban J connectivity index is 2.70. The average molecular weight is 321 g/mol. The third kappa shape index (κ3) is 5.07. The van der Waals surface area contributed by atoms with Gasteiger partial charge in [-0.3, -0.25) is 4.79 Å². The number of halogens is 1. The van der Waals surface area contributed by atoms with Gasteiger partial charge in [0.2, 0.25) is 5.91 Å². The lowest BCUT2D eigenvalue weighted by molar-refractivity contribution is -0.132. The monoisotopic (exact) mass is 320 g/mol. The summed E-state index contributed by atoms with van der Waals surface area (Å²) >= 11 is 6.90. The molecule has 0 unspecified atom stereocenters. The number of esters is 1. The van der Waals surface area contributed by atoms with Gasteiger partial charge >= 0.3 is 5.97 Å². The first kappa shape index (κ1) is 16.9. The number of carbonyl (C=O) groups is 2. The number of hydrogen-bond acceptors (Lipinski definition) is 6. The summed E-state index contributed by atoms with van der Waals surface area (Å²) in [7, 11) is 2.87. The van der Waals surface area contributed by atoms with Crippen molar-refractivity contribution in [3.63, 3.8) is 0 Å². The molecule has 20 heavy (non-hydrogen) atoms. The van der Waals surface area contributed by atoms with Gasteiger partial charge < -0.3 is 14.4 Å². The summed E-state index contributed by atoms with van der Waals surface area (Å²) in [4.78, 5) is 29.0. The second-order valence-electron chi connectivity index (χ2n) is 3.87. The van der Waals surface area contributed by atoms with Crippen LogP contribution in [-0.4, -0.2) is 55.0 Å². The van der Waals surface area contributed by atoms with E-state index in [-0.39, 0.29) is 23.9 Å².